The lowest BCUT2D eigenvalue weighted by molar-refractivity contribution is -0.144. The quantitative estimate of drug-likeness (QED) is 0.539. The SMILES string of the molecule is CCOC(=O)C(c1ccccc1)N(c1ccccc1)S(=O)(=O)c1ccc(C)cc1. The van der Waals surface area contributed by atoms with E-state index in [0.29, 0.717) is 11.3 Å². The molecule has 0 aromatic heterocycles. The number of hydrogen-bond acceptors (Lipinski definition) is 4. The first kappa shape index (κ1) is 20.6. The van der Waals surface area contributed by atoms with Crippen LogP contribution in [0.3, 0.4) is 0 Å². The summed E-state index contributed by atoms with van der Waals surface area (Å²) in [5, 5.41) is 0. The number of sulfonamides is 1. The van der Waals surface area contributed by atoms with Crippen molar-refractivity contribution >= 4 is 21.7 Å². The van der Waals surface area contributed by atoms with Crippen LogP contribution in [0.15, 0.2) is 89.8 Å². The van der Waals surface area contributed by atoms with Crippen LogP contribution in [0.25, 0.3) is 0 Å². The summed E-state index contributed by atoms with van der Waals surface area (Å²) in [6.45, 7) is 3.73. The van der Waals surface area contributed by atoms with Gasteiger partial charge >= 0.3 is 5.97 Å². The number of esters is 1. The van der Waals surface area contributed by atoms with E-state index >= 15 is 0 Å². The smallest absolute Gasteiger partial charge is 0.334 e. The number of aryl methyl sites for hydroxylation is 1. The van der Waals surface area contributed by atoms with Crippen molar-refractivity contribution in [2.45, 2.75) is 24.8 Å². The number of para-hydroxylation sites is 1. The van der Waals surface area contributed by atoms with Crippen molar-refractivity contribution in [1.82, 2.24) is 0 Å². The van der Waals surface area contributed by atoms with Crippen LogP contribution in [0.4, 0.5) is 5.69 Å². The summed E-state index contributed by atoms with van der Waals surface area (Å²) >= 11 is 0. The second-order valence-electron chi connectivity index (χ2n) is 6.51. The number of carbonyl (C=O) groups is 1. The molecule has 0 aliphatic rings. The first-order valence-electron chi connectivity index (χ1n) is 9.33. The fourth-order valence-electron chi connectivity index (χ4n) is 3.05. The molecule has 0 bridgehead atoms. The summed E-state index contributed by atoms with van der Waals surface area (Å²) in [5.74, 6) is -0.627. The minimum absolute atomic E-state index is 0.109. The second kappa shape index (κ2) is 8.92. The molecule has 150 valence electrons. The minimum Gasteiger partial charge on any atom is -0.464 e. The molecular formula is C23H23NO4S. The second-order valence-corrected chi connectivity index (χ2v) is 8.33. The van der Waals surface area contributed by atoms with Gasteiger partial charge in [-0.2, -0.15) is 0 Å². The van der Waals surface area contributed by atoms with E-state index in [1.54, 1.807) is 85.8 Å². The Morgan fingerprint density at radius 1 is 0.897 bits per heavy atom. The van der Waals surface area contributed by atoms with Gasteiger partial charge in [0, 0.05) is 0 Å². The van der Waals surface area contributed by atoms with Crippen LogP contribution in [-0.2, 0) is 19.6 Å². The number of rotatable bonds is 7. The lowest BCUT2D eigenvalue weighted by Gasteiger charge is -2.31. The third-order valence-electron chi connectivity index (χ3n) is 4.45. The minimum atomic E-state index is -4.05. The van der Waals surface area contributed by atoms with Crippen LogP contribution < -0.4 is 4.31 Å². The standard InChI is InChI=1S/C23H23NO4S/c1-3-28-23(25)22(19-10-6-4-7-11-19)24(20-12-8-5-9-13-20)29(26,27)21-16-14-18(2)15-17-21/h4-17,22H,3H2,1-2H3. The van der Waals surface area contributed by atoms with Gasteiger partial charge in [-0.25, -0.2) is 17.5 Å². The fraction of sp³-hybridized carbons (Fsp3) is 0.174. The summed E-state index contributed by atoms with van der Waals surface area (Å²) in [6.07, 6.45) is 0. The van der Waals surface area contributed by atoms with E-state index in [0.717, 1.165) is 9.87 Å². The molecule has 29 heavy (non-hydrogen) atoms. The Morgan fingerprint density at radius 2 is 1.45 bits per heavy atom. The van der Waals surface area contributed by atoms with E-state index in [4.69, 9.17) is 4.74 Å². The molecule has 0 radical (unpaired) electrons. The maximum atomic E-state index is 13.7. The third kappa shape index (κ3) is 4.49. The summed E-state index contributed by atoms with van der Waals surface area (Å²) in [4.78, 5) is 13.1. The van der Waals surface area contributed by atoms with E-state index in [-0.39, 0.29) is 11.5 Å². The van der Waals surface area contributed by atoms with Crippen LogP contribution in [0.1, 0.15) is 24.1 Å². The molecule has 0 aliphatic heterocycles. The largest absolute Gasteiger partial charge is 0.464 e. The van der Waals surface area contributed by atoms with E-state index in [1.165, 1.54) is 0 Å². The molecule has 0 N–H and O–H groups in total. The highest BCUT2D eigenvalue weighted by molar-refractivity contribution is 7.92. The summed E-state index contributed by atoms with van der Waals surface area (Å²) in [7, 11) is -4.05. The van der Waals surface area contributed by atoms with Crippen molar-refractivity contribution in [2.75, 3.05) is 10.9 Å². The van der Waals surface area contributed by atoms with E-state index < -0.39 is 22.0 Å². The normalized spacial score (nSPS) is 12.2. The van der Waals surface area contributed by atoms with E-state index in [1.807, 2.05) is 13.0 Å². The molecule has 1 atom stereocenters. The number of benzene rings is 3. The Morgan fingerprint density at radius 3 is 2.00 bits per heavy atom. The number of hydrogen-bond donors (Lipinski definition) is 0. The van der Waals surface area contributed by atoms with Crippen LogP contribution in [0, 0.1) is 6.92 Å². The molecule has 0 saturated carbocycles. The highest BCUT2D eigenvalue weighted by Crippen LogP contribution is 2.34. The van der Waals surface area contributed by atoms with Gasteiger partial charge in [0.1, 0.15) is 0 Å². The maximum Gasteiger partial charge on any atom is 0.334 e. The highest BCUT2D eigenvalue weighted by Gasteiger charge is 2.38. The molecule has 0 fully saturated rings. The van der Waals surface area contributed by atoms with Crippen LogP contribution in [0.2, 0.25) is 0 Å². The van der Waals surface area contributed by atoms with Gasteiger partial charge in [0.15, 0.2) is 6.04 Å². The molecule has 3 rings (SSSR count). The molecule has 0 amide bonds. The Bertz CT molecular complexity index is 1050. The van der Waals surface area contributed by atoms with Gasteiger partial charge in [-0.1, -0.05) is 66.2 Å². The molecule has 6 heteroatoms. The molecule has 0 heterocycles. The number of nitrogens with zero attached hydrogens (tertiary/aromatic N) is 1. The van der Waals surface area contributed by atoms with Crippen LogP contribution in [-0.4, -0.2) is 21.0 Å². The Kier molecular flexibility index (Phi) is 6.34. The monoisotopic (exact) mass is 409 g/mol. The molecule has 0 saturated heterocycles. The zero-order valence-electron chi connectivity index (χ0n) is 16.4. The van der Waals surface area contributed by atoms with Crippen molar-refractivity contribution < 1.29 is 17.9 Å². The number of ether oxygens (including phenoxy) is 1. The molecule has 0 aliphatic carbocycles. The molecule has 3 aromatic rings. The molecule has 1 unspecified atom stereocenters. The first-order chi connectivity index (χ1) is 13.9. The Labute approximate surface area is 171 Å². The van der Waals surface area contributed by atoms with Crippen LogP contribution >= 0.6 is 0 Å². The van der Waals surface area contributed by atoms with E-state index in [2.05, 4.69) is 0 Å². The molecule has 0 spiro atoms. The fourth-order valence-corrected chi connectivity index (χ4v) is 4.64. The first-order valence-corrected chi connectivity index (χ1v) is 10.8. The predicted octanol–water partition coefficient (Wildman–Crippen LogP) is 4.49. The lowest BCUT2D eigenvalue weighted by atomic mass is 10.1. The highest BCUT2D eigenvalue weighted by atomic mass is 32.2. The maximum absolute atomic E-state index is 13.7. The molecule has 5 nitrogen and oxygen atoms in total. The lowest BCUT2D eigenvalue weighted by Crippen LogP contribution is -2.40. The van der Waals surface area contributed by atoms with Crippen LogP contribution in [0.5, 0.6) is 0 Å². The van der Waals surface area contributed by atoms with Gasteiger partial charge in [-0.3, -0.25) is 0 Å². The average Bonchev–Trinajstić information content (AvgIpc) is 2.73. The third-order valence-corrected chi connectivity index (χ3v) is 6.26. The van der Waals surface area contributed by atoms with E-state index in [9.17, 15) is 13.2 Å². The molecular weight excluding hydrogens is 386 g/mol. The van der Waals surface area contributed by atoms with Gasteiger partial charge in [-0.15, -0.1) is 0 Å². The summed E-state index contributed by atoms with van der Waals surface area (Å²) in [5.41, 5.74) is 1.86. The zero-order chi connectivity index (χ0) is 20.9. The van der Waals surface area contributed by atoms with Crippen molar-refractivity contribution in [3.8, 4) is 0 Å². The van der Waals surface area contributed by atoms with Gasteiger partial charge in [0.05, 0.1) is 17.2 Å². The molecule has 3 aromatic carbocycles. The number of carbonyl (C=O) groups excluding carboxylic acids is 1. The summed E-state index contributed by atoms with van der Waals surface area (Å²) in [6, 6.07) is 22.8. The van der Waals surface area contributed by atoms with Gasteiger partial charge in [-0.05, 0) is 43.7 Å². The van der Waals surface area contributed by atoms with Crippen molar-refractivity contribution in [3.05, 3.63) is 96.1 Å². The average molecular weight is 410 g/mol. The van der Waals surface area contributed by atoms with Gasteiger partial charge in [0.2, 0.25) is 0 Å². The Balaban J connectivity index is 2.23. The van der Waals surface area contributed by atoms with Crippen molar-refractivity contribution in [1.29, 1.82) is 0 Å². The Hall–Kier alpha value is -3.12. The number of anilines is 1. The van der Waals surface area contributed by atoms with Crippen molar-refractivity contribution in [2.24, 2.45) is 0 Å². The summed E-state index contributed by atoms with van der Waals surface area (Å²) < 4.78 is 33.8. The predicted molar refractivity (Wildman–Crippen MR) is 113 cm³/mol. The topological polar surface area (TPSA) is 63.7 Å². The zero-order valence-corrected chi connectivity index (χ0v) is 17.2. The van der Waals surface area contributed by atoms with Crippen molar-refractivity contribution in [3.63, 3.8) is 0 Å². The van der Waals surface area contributed by atoms with Gasteiger partial charge < -0.3 is 4.74 Å². The van der Waals surface area contributed by atoms with Gasteiger partial charge in [0.25, 0.3) is 10.0 Å².